The van der Waals surface area contributed by atoms with Crippen molar-refractivity contribution in [1.82, 2.24) is 9.80 Å². The van der Waals surface area contributed by atoms with Crippen LogP contribution in [-0.2, 0) is 9.47 Å². The van der Waals surface area contributed by atoms with Gasteiger partial charge in [-0.3, -0.25) is 4.90 Å². The van der Waals surface area contributed by atoms with Crippen molar-refractivity contribution in [3.8, 4) is 0 Å². The lowest BCUT2D eigenvalue weighted by molar-refractivity contribution is -0.0907. The zero-order valence-corrected chi connectivity index (χ0v) is 15.7. The molecule has 6 nitrogen and oxygen atoms in total. The van der Waals surface area contributed by atoms with Gasteiger partial charge in [0.2, 0.25) is 0 Å². The molecular formula is C19H23F2N3O3. The molecule has 0 bridgehead atoms. The van der Waals surface area contributed by atoms with Gasteiger partial charge in [0, 0.05) is 26.2 Å². The molecule has 3 rings (SSSR count). The second kappa shape index (κ2) is 7.41. The maximum Gasteiger partial charge on any atom is 0.410 e. The van der Waals surface area contributed by atoms with E-state index in [4.69, 9.17) is 16.0 Å². The molecule has 0 N–H and O–H groups in total. The first-order valence-corrected chi connectivity index (χ1v) is 8.88. The number of carbonyl (C=O) groups is 1. The fourth-order valence-electron chi connectivity index (χ4n) is 3.36. The lowest BCUT2D eigenvalue weighted by atomic mass is 10.0. The zero-order chi connectivity index (χ0) is 19.8. The van der Waals surface area contributed by atoms with Crippen molar-refractivity contribution >= 4 is 11.8 Å². The number of hydrogen-bond donors (Lipinski definition) is 0. The Hall–Kier alpha value is -2.24. The van der Waals surface area contributed by atoms with Gasteiger partial charge in [-0.1, -0.05) is 0 Å². The highest BCUT2D eigenvalue weighted by Crippen LogP contribution is 2.31. The van der Waals surface area contributed by atoms with Crippen molar-refractivity contribution in [1.29, 1.82) is 0 Å². The summed E-state index contributed by atoms with van der Waals surface area (Å²) in [6, 6.07) is 2.34. The van der Waals surface area contributed by atoms with Crippen molar-refractivity contribution in [2.24, 2.45) is 0 Å². The van der Waals surface area contributed by atoms with E-state index in [1.165, 1.54) is 12.1 Å². The minimum atomic E-state index is -0.875. The summed E-state index contributed by atoms with van der Waals surface area (Å²) < 4.78 is 39.0. The van der Waals surface area contributed by atoms with Crippen molar-refractivity contribution < 1.29 is 23.0 Å². The highest BCUT2D eigenvalue weighted by Gasteiger charge is 2.37. The van der Waals surface area contributed by atoms with Crippen molar-refractivity contribution in [3.63, 3.8) is 0 Å². The number of rotatable bonds is 1. The summed E-state index contributed by atoms with van der Waals surface area (Å²) in [7, 11) is 0. The summed E-state index contributed by atoms with van der Waals surface area (Å²) in [5.41, 5.74) is -0.766. The molecular weight excluding hydrogens is 356 g/mol. The molecule has 8 heteroatoms. The maximum atomic E-state index is 13.9. The zero-order valence-electron chi connectivity index (χ0n) is 15.7. The summed E-state index contributed by atoms with van der Waals surface area (Å²) in [6.07, 6.45) is -0.818. The van der Waals surface area contributed by atoms with Crippen LogP contribution in [0, 0.1) is 18.2 Å². The molecule has 1 amide bonds. The van der Waals surface area contributed by atoms with E-state index in [9.17, 15) is 13.6 Å². The molecule has 146 valence electrons. The molecule has 27 heavy (non-hydrogen) atoms. The van der Waals surface area contributed by atoms with Crippen molar-refractivity contribution in [3.05, 3.63) is 40.7 Å². The van der Waals surface area contributed by atoms with Gasteiger partial charge in [0.1, 0.15) is 17.2 Å². The van der Waals surface area contributed by atoms with E-state index in [1.54, 1.807) is 4.90 Å². The average Bonchev–Trinajstić information content (AvgIpc) is 2.59. The summed E-state index contributed by atoms with van der Waals surface area (Å²) in [6.45, 7) is 14.8. The molecule has 0 radical (unpaired) electrons. The van der Waals surface area contributed by atoms with E-state index in [-0.39, 0.29) is 12.1 Å². The van der Waals surface area contributed by atoms with Gasteiger partial charge in [-0.15, -0.1) is 0 Å². The van der Waals surface area contributed by atoms with Crippen LogP contribution in [-0.4, -0.2) is 60.3 Å². The van der Waals surface area contributed by atoms with Crippen LogP contribution in [0.15, 0.2) is 12.1 Å². The number of hydrogen-bond acceptors (Lipinski definition) is 4. The van der Waals surface area contributed by atoms with E-state index < -0.39 is 29.0 Å². The number of ether oxygens (including phenoxy) is 2. The van der Waals surface area contributed by atoms with Gasteiger partial charge in [-0.2, -0.15) is 0 Å². The Morgan fingerprint density at radius 3 is 2.52 bits per heavy atom. The van der Waals surface area contributed by atoms with Gasteiger partial charge < -0.3 is 14.4 Å². The molecule has 0 aromatic heterocycles. The Bertz CT molecular complexity index is 749. The summed E-state index contributed by atoms with van der Waals surface area (Å²) in [5.74, 6) is -1.75. The highest BCUT2D eigenvalue weighted by molar-refractivity contribution is 5.68. The minimum absolute atomic E-state index is 0.0136. The molecule has 2 atom stereocenters. The molecule has 0 spiro atoms. The van der Waals surface area contributed by atoms with Gasteiger partial charge in [0.25, 0.3) is 5.69 Å². The number of halogens is 2. The quantitative estimate of drug-likeness (QED) is 0.701. The Labute approximate surface area is 157 Å². The minimum Gasteiger partial charge on any atom is -0.444 e. The third-order valence-electron chi connectivity index (χ3n) is 4.67. The van der Waals surface area contributed by atoms with Crippen LogP contribution >= 0.6 is 0 Å². The normalized spacial score (nSPS) is 23.5. The third-order valence-corrected chi connectivity index (χ3v) is 4.67. The fourth-order valence-corrected chi connectivity index (χ4v) is 3.36. The van der Waals surface area contributed by atoms with Crippen LogP contribution in [0.1, 0.15) is 32.4 Å². The molecule has 2 aliphatic rings. The lowest BCUT2D eigenvalue weighted by Gasteiger charge is -2.46. The molecule has 2 fully saturated rings. The van der Waals surface area contributed by atoms with Gasteiger partial charge in [0.15, 0.2) is 0 Å². The summed E-state index contributed by atoms with van der Waals surface area (Å²) in [5, 5.41) is 0. The number of amides is 1. The third kappa shape index (κ3) is 4.37. The topological polar surface area (TPSA) is 46.4 Å². The molecule has 1 aromatic carbocycles. The van der Waals surface area contributed by atoms with Gasteiger partial charge >= 0.3 is 6.09 Å². The SMILES string of the molecule is [C-]#[N+]c1c(F)cc([C@@H]2CN3CCN(C(=O)OC(C)(C)C)C[C@H]3CO2)cc1F. The second-order valence-electron chi connectivity index (χ2n) is 7.84. The van der Waals surface area contributed by atoms with Crippen molar-refractivity contribution in [2.45, 2.75) is 38.5 Å². The van der Waals surface area contributed by atoms with E-state index in [1.807, 2.05) is 20.8 Å². The predicted octanol–water partition coefficient (Wildman–Crippen LogP) is 3.51. The Morgan fingerprint density at radius 2 is 1.93 bits per heavy atom. The molecule has 2 aliphatic heterocycles. The van der Waals surface area contributed by atoms with Gasteiger partial charge in [0.05, 0.1) is 25.3 Å². The lowest BCUT2D eigenvalue weighted by Crippen LogP contribution is -2.60. The predicted molar refractivity (Wildman–Crippen MR) is 94.5 cm³/mol. The Balaban J connectivity index is 1.65. The van der Waals surface area contributed by atoms with Crippen LogP contribution < -0.4 is 0 Å². The Kier molecular flexibility index (Phi) is 5.36. The monoisotopic (exact) mass is 379 g/mol. The summed E-state index contributed by atoms with van der Waals surface area (Å²) in [4.78, 5) is 18.9. The number of fused-ring (bicyclic) bond motifs is 1. The molecule has 0 saturated carbocycles. The number of morpholine rings is 1. The van der Waals surface area contributed by atoms with Crippen LogP contribution in [0.4, 0.5) is 19.3 Å². The standard InChI is InChI=1S/C19H23F2N3O3/c1-19(2,3)27-18(25)24-6-5-23-10-16(26-11-13(23)9-24)12-7-14(20)17(22-4)15(21)8-12/h7-8,13,16H,5-6,9-11H2,1-3H3/t13-,16-/m0/s1. The Morgan fingerprint density at radius 1 is 1.26 bits per heavy atom. The first-order valence-electron chi connectivity index (χ1n) is 8.88. The second-order valence-corrected chi connectivity index (χ2v) is 7.84. The molecule has 0 unspecified atom stereocenters. The van der Waals surface area contributed by atoms with Gasteiger partial charge in [-0.25, -0.2) is 18.4 Å². The van der Waals surface area contributed by atoms with Crippen LogP contribution in [0.25, 0.3) is 4.85 Å². The van der Waals surface area contributed by atoms with E-state index in [0.29, 0.717) is 38.3 Å². The highest BCUT2D eigenvalue weighted by atomic mass is 19.1. The first-order chi connectivity index (χ1) is 12.7. The van der Waals surface area contributed by atoms with E-state index in [2.05, 4.69) is 9.74 Å². The molecule has 1 aromatic rings. The average molecular weight is 379 g/mol. The number of benzene rings is 1. The number of nitrogens with zero attached hydrogens (tertiary/aromatic N) is 3. The molecule has 2 saturated heterocycles. The summed E-state index contributed by atoms with van der Waals surface area (Å²) >= 11 is 0. The number of piperazine rings is 1. The van der Waals surface area contributed by atoms with Crippen LogP contribution in [0.2, 0.25) is 0 Å². The molecule has 0 aliphatic carbocycles. The van der Waals surface area contributed by atoms with Crippen LogP contribution in [0.3, 0.4) is 0 Å². The largest absolute Gasteiger partial charge is 0.444 e. The maximum absolute atomic E-state index is 13.9. The van der Waals surface area contributed by atoms with E-state index >= 15 is 0 Å². The van der Waals surface area contributed by atoms with Crippen LogP contribution in [0.5, 0.6) is 0 Å². The van der Waals surface area contributed by atoms with Crippen molar-refractivity contribution in [2.75, 3.05) is 32.8 Å². The molecule has 2 heterocycles. The van der Waals surface area contributed by atoms with E-state index in [0.717, 1.165) is 0 Å². The van der Waals surface area contributed by atoms with Gasteiger partial charge in [-0.05, 0) is 38.5 Å². The number of carbonyl (C=O) groups excluding carboxylic acids is 1. The fraction of sp³-hybridized carbons (Fsp3) is 0.579. The first kappa shape index (κ1) is 19.5. The smallest absolute Gasteiger partial charge is 0.410 e.